The van der Waals surface area contributed by atoms with Gasteiger partial charge in [-0.2, -0.15) is 0 Å². The van der Waals surface area contributed by atoms with Gasteiger partial charge in [-0.15, -0.1) is 0 Å². The van der Waals surface area contributed by atoms with Crippen molar-refractivity contribution in [3.8, 4) is 0 Å². The van der Waals surface area contributed by atoms with Crippen molar-refractivity contribution in [3.05, 3.63) is 53.6 Å². The third-order valence-corrected chi connectivity index (χ3v) is 4.80. The molecule has 0 saturated carbocycles. The number of benzene rings is 1. The maximum atomic E-state index is 4.84. The number of allylic oxidation sites excluding steroid dienone is 1. The van der Waals surface area contributed by atoms with Gasteiger partial charge in [-0.05, 0) is 45.9 Å². The molecule has 27 heavy (non-hydrogen) atoms. The lowest BCUT2D eigenvalue weighted by Gasteiger charge is -2.21. The lowest BCUT2D eigenvalue weighted by Crippen LogP contribution is -2.26. The normalized spacial score (nSPS) is 13.6. The van der Waals surface area contributed by atoms with Crippen LogP contribution >= 0.6 is 0 Å². The molecule has 1 aromatic heterocycles. The minimum Gasteiger partial charge on any atom is -0.383 e. The number of aromatic nitrogens is 2. The Morgan fingerprint density at radius 2 is 2.07 bits per heavy atom. The average molecular weight is 364 g/mol. The number of anilines is 2. The number of aryl methyl sites for hydroxylation is 2. The maximum absolute atomic E-state index is 4.84. The summed E-state index contributed by atoms with van der Waals surface area (Å²) in [5.41, 5.74) is 7.18. The highest BCUT2D eigenvalue weighted by atomic mass is 15.2. The Kier molecular flexibility index (Phi) is 5.86. The third kappa shape index (κ3) is 4.17. The Balaban J connectivity index is 1.93. The van der Waals surface area contributed by atoms with E-state index in [-0.39, 0.29) is 0 Å². The largest absolute Gasteiger partial charge is 0.383 e. The molecule has 0 radical (unpaired) electrons. The second-order valence-electron chi connectivity index (χ2n) is 6.87. The van der Waals surface area contributed by atoms with Gasteiger partial charge in [0.25, 0.3) is 0 Å². The highest BCUT2D eigenvalue weighted by Gasteiger charge is 2.24. The van der Waals surface area contributed by atoms with E-state index in [9.17, 15) is 0 Å². The number of hydrogen-bond donors (Lipinski definition) is 2. The predicted octanol–water partition coefficient (Wildman–Crippen LogP) is 3.20. The number of nitrogens with one attached hydrogen (secondary N) is 2. The fourth-order valence-electron chi connectivity index (χ4n) is 3.23. The second kappa shape index (κ2) is 8.31. The van der Waals surface area contributed by atoms with E-state index in [0.717, 1.165) is 54.7 Å². The summed E-state index contributed by atoms with van der Waals surface area (Å²) in [7, 11) is 1.93. The fraction of sp³-hybridized carbons (Fsp3) is 0.381. The van der Waals surface area contributed by atoms with E-state index in [4.69, 9.17) is 4.99 Å². The van der Waals surface area contributed by atoms with Gasteiger partial charge in [-0.25, -0.2) is 15.0 Å². The average Bonchev–Trinajstić information content (AvgIpc) is 3.06. The summed E-state index contributed by atoms with van der Waals surface area (Å²) < 4.78 is 0. The maximum Gasteiger partial charge on any atom is 0.162 e. The van der Waals surface area contributed by atoms with Gasteiger partial charge in [-0.1, -0.05) is 24.3 Å². The van der Waals surface area contributed by atoms with Gasteiger partial charge in [0.15, 0.2) is 5.82 Å². The molecule has 3 rings (SSSR count). The van der Waals surface area contributed by atoms with Crippen molar-refractivity contribution in [3.63, 3.8) is 0 Å². The number of likely N-dealkylation sites (N-methyl/N-ethyl adjacent to an activating group) is 1. The molecule has 2 aromatic rings. The third-order valence-electron chi connectivity index (χ3n) is 4.80. The molecule has 0 atom stereocenters. The topological polar surface area (TPSA) is 65.4 Å². The first-order chi connectivity index (χ1) is 13.0. The Morgan fingerprint density at radius 3 is 2.85 bits per heavy atom. The van der Waals surface area contributed by atoms with Crippen LogP contribution in [-0.4, -0.2) is 42.4 Å². The molecule has 2 heterocycles. The van der Waals surface area contributed by atoms with Gasteiger partial charge in [-0.3, -0.25) is 0 Å². The summed E-state index contributed by atoms with van der Waals surface area (Å²) in [6.07, 6.45) is 2.63. The minimum atomic E-state index is 0.804. The Hall–Kier alpha value is -2.73. The van der Waals surface area contributed by atoms with Crippen LogP contribution in [0.15, 0.2) is 41.8 Å². The van der Waals surface area contributed by atoms with Crippen LogP contribution in [0.5, 0.6) is 0 Å². The van der Waals surface area contributed by atoms with Gasteiger partial charge < -0.3 is 15.5 Å². The molecule has 142 valence electrons. The summed E-state index contributed by atoms with van der Waals surface area (Å²) >= 11 is 0. The molecule has 0 fully saturated rings. The quantitative estimate of drug-likeness (QED) is 0.583. The van der Waals surface area contributed by atoms with E-state index in [1.54, 1.807) is 6.33 Å². The first-order valence-electron chi connectivity index (χ1n) is 9.33. The summed E-state index contributed by atoms with van der Waals surface area (Å²) in [5.74, 6) is 0.854. The number of aliphatic imine (C=N–C) groups is 1. The zero-order valence-electron chi connectivity index (χ0n) is 16.6. The smallest absolute Gasteiger partial charge is 0.162 e. The van der Waals surface area contributed by atoms with E-state index in [0.29, 0.717) is 0 Å². The molecule has 1 aliphatic heterocycles. The lowest BCUT2D eigenvalue weighted by molar-refractivity contribution is 0.731. The molecule has 0 aliphatic carbocycles. The first kappa shape index (κ1) is 19.0. The Labute approximate surface area is 161 Å². The van der Waals surface area contributed by atoms with E-state index in [2.05, 4.69) is 57.2 Å². The van der Waals surface area contributed by atoms with E-state index < -0.39 is 0 Å². The SMILES string of the molecule is C=C(NCCNC)/C(C)=N/c1c(C)ncnc1N1CCc2cc(C)ccc21. The fourth-order valence-corrected chi connectivity index (χ4v) is 3.23. The monoisotopic (exact) mass is 364 g/mol. The minimum absolute atomic E-state index is 0.804. The van der Waals surface area contributed by atoms with Crippen molar-refractivity contribution in [2.45, 2.75) is 27.2 Å². The van der Waals surface area contributed by atoms with Crippen LogP contribution in [0.2, 0.25) is 0 Å². The number of fused-ring (bicyclic) bond motifs is 1. The molecule has 0 amide bonds. The van der Waals surface area contributed by atoms with Crippen molar-refractivity contribution >= 4 is 22.9 Å². The van der Waals surface area contributed by atoms with Gasteiger partial charge in [0.05, 0.1) is 11.4 Å². The summed E-state index contributed by atoms with van der Waals surface area (Å²) in [4.78, 5) is 16.0. The van der Waals surface area contributed by atoms with Gasteiger partial charge >= 0.3 is 0 Å². The summed E-state index contributed by atoms with van der Waals surface area (Å²) in [6.45, 7) is 12.7. The van der Waals surface area contributed by atoms with Crippen molar-refractivity contribution in [1.29, 1.82) is 0 Å². The highest BCUT2D eigenvalue weighted by molar-refractivity contribution is 5.99. The lowest BCUT2D eigenvalue weighted by atomic mass is 10.1. The molecule has 1 aromatic carbocycles. The second-order valence-corrected chi connectivity index (χ2v) is 6.87. The Morgan fingerprint density at radius 1 is 1.26 bits per heavy atom. The van der Waals surface area contributed by atoms with Crippen molar-refractivity contribution in [2.24, 2.45) is 4.99 Å². The summed E-state index contributed by atoms with van der Waals surface area (Å²) in [6, 6.07) is 6.58. The van der Waals surface area contributed by atoms with Crippen LogP contribution in [-0.2, 0) is 6.42 Å². The molecule has 0 spiro atoms. The zero-order chi connectivity index (χ0) is 19.4. The van der Waals surface area contributed by atoms with Crippen molar-refractivity contribution < 1.29 is 0 Å². The number of hydrogen-bond acceptors (Lipinski definition) is 6. The van der Waals surface area contributed by atoms with Crippen LogP contribution in [0.3, 0.4) is 0 Å². The van der Waals surface area contributed by atoms with Crippen LogP contribution in [0.25, 0.3) is 0 Å². The first-order valence-corrected chi connectivity index (χ1v) is 9.33. The molecule has 1 aliphatic rings. The standard InChI is InChI=1S/C21H28N6/c1-14-6-7-19-18(12-14)8-11-27(19)21-20(17(4)24-13-25-21)26-16(3)15(2)23-10-9-22-5/h6-7,12-13,22-23H,2,8-11H2,1,3-5H3/b26-16+. The number of rotatable bonds is 7. The molecule has 6 nitrogen and oxygen atoms in total. The molecule has 2 N–H and O–H groups in total. The van der Waals surface area contributed by atoms with Crippen LogP contribution < -0.4 is 15.5 Å². The molecule has 6 heteroatoms. The highest BCUT2D eigenvalue weighted by Crippen LogP contribution is 2.39. The van der Waals surface area contributed by atoms with Gasteiger partial charge in [0.1, 0.15) is 12.0 Å². The van der Waals surface area contributed by atoms with Crippen LogP contribution in [0, 0.1) is 13.8 Å². The van der Waals surface area contributed by atoms with Crippen LogP contribution in [0.4, 0.5) is 17.2 Å². The zero-order valence-corrected chi connectivity index (χ0v) is 16.6. The van der Waals surface area contributed by atoms with E-state index in [1.165, 1.54) is 16.8 Å². The van der Waals surface area contributed by atoms with E-state index in [1.807, 2.05) is 20.9 Å². The van der Waals surface area contributed by atoms with E-state index >= 15 is 0 Å². The predicted molar refractivity (Wildman–Crippen MR) is 112 cm³/mol. The van der Waals surface area contributed by atoms with Gasteiger partial charge in [0, 0.05) is 31.0 Å². The summed E-state index contributed by atoms with van der Waals surface area (Å²) in [5, 5.41) is 6.40. The molecular weight excluding hydrogens is 336 g/mol. The molecule has 0 saturated heterocycles. The van der Waals surface area contributed by atoms with Gasteiger partial charge in [0.2, 0.25) is 0 Å². The number of nitrogens with zero attached hydrogens (tertiary/aromatic N) is 4. The Bertz CT molecular complexity index is 871. The molecule has 0 unspecified atom stereocenters. The molecular formula is C21H28N6. The van der Waals surface area contributed by atoms with Crippen LogP contribution in [0.1, 0.15) is 23.7 Å². The van der Waals surface area contributed by atoms with Crippen molar-refractivity contribution in [1.82, 2.24) is 20.6 Å². The van der Waals surface area contributed by atoms with Crippen molar-refractivity contribution in [2.75, 3.05) is 31.6 Å². The molecule has 0 bridgehead atoms.